The molecule has 0 unspecified atom stereocenters. The van der Waals surface area contributed by atoms with Crippen molar-refractivity contribution in [3.05, 3.63) is 23.8 Å². The lowest BCUT2D eigenvalue weighted by Gasteiger charge is -2.52. The molecule has 0 aromatic heterocycles. The zero-order valence-corrected chi connectivity index (χ0v) is 14.9. The third kappa shape index (κ3) is 3.33. The van der Waals surface area contributed by atoms with Crippen molar-refractivity contribution in [2.45, 2.75) is 84.3 Å². The molecule has 5 atom stereocenters. The van der Waals surface area contributed by atoms with E-state index in [0.717, 1.165) is 25.7 Å². The molecule has 2 heteroatoms. The summed E-state index contributed by atoms with van der Waals surface area (Å²) in [4.78, 5) is 0. The van der Waals surface area contributed by atoms with Crippen LogP contribution in [0.4, 0.5) is 0 Å². The third-order valence-corrected chi connectivity index (χ3v) is 6.54. The fraction of sp³-hybridized carbons (Fsp3) is 0.800. The summed E-state index contributed by atoms with van der Waals surface area (Å²) < 4.78 is 0. The van der Waals surface area contributed by atoms with Gasteiger partial charge in [-0.3, -0.25) is 0 Å². The van der Waals surface area contributed by atoms with Gasteiger partial charge in [0, 0.05) is 0 Å². The van der Waals surface area contributed by atoms with Gasteiger partial charge in [0.1, 0.15) is 0 Å². The molecule has 0 amide bonds. The lowest BCUT2D eigenvalue weighted by molar-refractivity contribution is -0.00852. The summed E-state index contributed by atoms with van der Waals surface area (Å²) in [5.74, 6) is 1.02. The van der Waals surface area contributed by atoms with Gasteiger partial charge in [0.05, 0.1) is 11.7 Å². The molecule has 0 aromatic carbocycles. The van der Waals surface area contributed by atoms with Crippen molar-refractivity contribution in [2.24, 2.45) is 17.3 Å². The smallest absolute Gasteiger partial charge is 0.0800 e. The fourth-order valence-electron chi connectivity index (χ4n) is 5.04. The molecule has 2 aliphatic rings. The molecule has 1 saturated carbocycles. The van der Waals surface area contributed by atoms with E-state index in [-0.39, 0.29) is 11.5 Å². The first-order valence-electron chi connectivity index (χ1n) is 8.94. The average molecular weight is 306 g/mol. The average Bonchev–Trinajstić information content (AvgIpc) is 2.45. The van der Waals surface area contributed by atoms with Crippen molar-refractivity contribution in [3.63, 3.8) is 0 Å². The van der Waals surface area contributed by atoms with E-state index in [4.69, 9.17) is 0 Å². The van der Waals surface area contributed by atoms with E-state index in [1.54, 1.807) is 11.6 Å². The molecule has 1 fully saturated rings. The van der Waals surface area contributed by atoms with Gasteiger partial charge in [0.15, 0.2) is 0 Å². The second-order valence-corrected chi connectivity index (χ2v) is 8.18. The summed E-state index contributed by atoms with van der Waals surface area (Å²) in [6.07, 6.45) is 9.09. The first-order valence-corrected chi connectivity index (χ1v) is 8.94. The SMILES string of the molecule is C=C[C@@](C)(O)CCC1=C(C)CC[C@@H]2[C@H]([C@H](C)O)CCC[C@@]12C. The van der Waals surface area contributed by atoms with Crippen LogP contribution in [0.3, 0.4) is 0 Å². The summed E-state index contributed by atoms with van der Waals surface area (Å²) >= 11 is 0. The second kappa shape index (κ2) is 6.49. The topological polar surface area (TPSA) is 40.5 Å². The molecule has 0 aliphatic heterocycles. The normalized spacial score (nSPS) is 36.5. The van der Waals surface area contributed by atoms with E-state index in [1.165, 1.54) is 24.8 Å². The van der Waals surface area contributed by atoms with Crippen LogP contribution in [0.2, 0.25) is 0 Å². The molecule has 2 nitrogen and oxygen atoms in total. The van der Waals surface area contributed by atoms with Crippen LogP contribution in [0.25, 0.3) is 0 Å². The molecule has 2 N–H and O–H groups in total. The second-order valence-electron chi connectivity index (χ2n) is 8.18. The van der Waals surface area contributed by atoms with Crippen LogP contribution in [0, 0.1) is 17.3 Å². The zero-order valence-electron chi connectivity index (χ0n) is 14.9. The molecule has 0 aromatic rings. The van der Waals surface area contributed by atoms with Crippen molar-refractivity contribution in [1.29, 1.82) is 0 Å². The molecular formula is C20H34O2. The van der Waals surface area contributed by atoms with Gasteiger partial charge in [-0.1, -0.05) is 30.6 Å². The Labute approximate surface area is 136 Å². The molecule has 0 bridgehead atoms. The number of allylic oxidation sites excluding steroid dienone is 2. The predicted octanol–water partition coefficient (Wildman–Crippen LogP) is 4.62. The summed E-state index contributed by atoms with van der Waals surface area (Å²) in [7, 11) is 0. The lowest BCUT2D eigenvalue weighted by atomic mass is 9.53. The maximum atomic E-state index is 10.3. The Morgan fingerprint density at radius 1 is 1.45 bits per heavy atom. The highest BCUT2D eigenvalue weighted by Crippen LogP contribution is 2.56. The van der Waals surface area contributed by atoms with Gasteiger partial charge in [-0.15, -0.1) is 6.58 Å². The summed E-state index contributed by atoms with van der Waals surface area (Å²) in [6, 6.07) is 0. The minimum atomic E-state index is -0.783. The predicted molar refractivity (Wildman–Crippen MR) is 92.6 cm³/mol. The number of rotatable bonds is 5. The van der Waals surface area contributed by atoms with E-state index in [2.05, 4.69) is 20.4 Å². The Kier molecular flexibility index (Phi) is 5.23. The van der Waals surface area contributed by atoms with E-state index >= 15 is 0 Å². The highest BCUT2D eigenvalue weighted by atomic mass is 16.3. The van der Waals surface area contributed by atoms with Gasteiger partial charge in [0.2, 0.25) is 0 Å². The largest absolute Gasteiger partial charge is 0.393 e. The Bertz CT molecular complexity index is 447. The third-order valence-electron chi connectivity index (χ3n) is 6.54. The van der Waals surface area contributed by atoms with Crippen molar-refractivity contribution in [2.75, 3.05) is 0 Å². The monoisotopic (exact) mass is 306 g/mol. The first kappa shape index (κ1) is 17.7. The van der Waals surface area contributed by atoms with Crippen molar-refractivity contribution in [1.82, 2.24) is 0 Å². The number of fused-ring (bicyclic) bond motifs is 1. The zero-order chi connectivity index (χ0) is 16.5. The molecule has 0 saturated heterocycles. The van der Waals surface area contributed by atoms with E-state index in [0.29, 0.717) is 11.8 Å². The number of hydrogen-bond donors (Lipinski definition) is 2. The first-order chi connectivity index (χ1) is 10.2. The van der Waals surface area contributed by atoms with Gasteiger partial charge in [-0.05, 0) is 76.5 Å². The summed E-state index contributed by atoms with van der Waals surface area (Å²) in [6.45, 7) is 12.2. The van der Waals surface area contributed by atoms with E-state index in [9.17, 15) is 10.2 Å². The fourth-order valence-corrected chi connectivity index (χ4v) is 5.04. The van der Waals surface area contributed by atoms with E-state index in [1.807, 2.05) is 13.8 Å². The highest BCUT2D eigenvalue weighted by Gasteiger charge is 2.47. The molecule has 22 heavy (non-hydrogen) atoms. The van der Waals surface area contributed by atoms with Gasteiger partial charge in [-0.2, -0.15) is 0 Å². The van der Waals surface area contributed by atoms with Gasteiger partial charge in [0.25, 0.3) is 0 Å². The molecule has 2 aliphatic carbocycles. The molecule has 126 valence electrons. The van der Waals surface area contributed by atoms with Gasteiger partial charge >= 0.3 is 0 Å². The Morgan fingerprint density at radius 3 is 2.73 bits per heavy atom. The molecule has 0 radical (unpaired) electrons. The highest BCUT2D eigenvalue weighted by molar-refractivity contribution is 5.27. The maximum Gasteiger partial charge on any atom is 0.0800 e. The van der Waals surface area contributed by atoms with Crippen LogP contribution in [-0.4, -0.2) is 21.9 Å². The number of aliphatic hydroxyl groups is 2. The van der Waals surface area contributed by atoms with Crippen LogP contribution >= 0.6 is 0 Å². The minimum absolute atomic E-state index is 0.208. The molecular weight excluding hydrogens is 272 g/mol. The van der Waals surface area contributed by atoms with Crippen molar-refractivity contribution < 1.29 is 10.2 Å². The Morgan fingerprint density at radius 2 is 2.14 bits per heavy atom. The minimum Gasteiger partial charge on any atom is -0.393 e. The summed E-state index contributed by atoms with van der Waals surface area (Å²) in [5.41, 5.74) is 2.50. The quantitative estimate of drug-likeness (QED) is 0.728. The maximum absolute atomic E-state index is 10.3. The summed E-state index contributed by atoms with van der Waals surface area (Å²) in [5, 5.41) is 20.5. The van der Waals surface area contributed by atoms with Crippen LogP contribution in [-0.2, 0) is 0 Å². The molecule has 0 heterocycles. The van der Waals surface area contributed by atoms with Crippen LogP contribution < -0.4 is 0 Å². The number of hydrogen-bond acceptors (Lipinski definition) is 2. The Hall–Kier alpha value is -0.600. The van der Waals surface area contributed by atoms with Gasteiger partial charge in [-0.25, -0.2) is 0 Å². The van der Waals surface area contributed by atoms with Gasteiger partial charge < -0.3 is 10.2 Å². The van der Waals surface area contributed by atoms with Crippen LogP contribution in [0.15, 0.2) is 23.8 Å². The number of aliphatic hydroxyl groups excluding tert-OH is 1. The standard InChI is InChI=1S/C20H34O2/c1-6-19(4,22)13-11-17-14(2)9-10-18-16(15(3)21)8-7-12-20(17,18)5/h6,15-16,18,21-22H,1,7-13H2,2-5H3/t15-,16-,18+,19+,20-/m0/s1. The van der Waals surface area contributed by atoms with Crippen molar-refractivity contribution >= 4 is 0 Å². The Balaban J connectivity index is 2.25. The lowest BCUT2D eigenvalue weighted by Crippen LogP contribution is -2.44. The van der Waals surface area contributed by atoms with Crippen LogP contribution in [0.5, 0.6) is 0 Å². The van der Waals surface area contributed by atoms with Crippen LogP contribution in [0.1, 0.15) is 72.6 Å². The molecule has 0 spiro atoms. The molecule has 2 rings (SSSR count). The van der Waals surface area contributed by atoms with Crippen molar-refractivity contribution in [3.8, 4) is 0 Å². The van der Waals surface area contributed by atoms with E-state index < -0.39 is 5.60 Å².